The van der Waals surface area contributed by atoms with Gasteiger partial charge in [0.2, 0.25) is 11.8 Å². The Hall–Kier alpha value is -1.18. The minimum Gasteiger partial charge on any atom is -0.374 e. The highest BCUT2D eigenvalue weighted by atomic mass is 16.5. The summed E-state index contributed by atoms with van der Waals surface area (Å²) in [5.41, 5.74) is 0. The fraction of sp³-hybridized carbons (Fsp3) is 0.857. The first-order valence-corrected chi connectivity index (χ1v) is 7.73. The van der Waals surface area contributed by atoms with Crippen LogP contribution in [0.2, 0.25) is 0 Å². The van der Waals surface area contributed by atoms with E-state index >= 15 is 0 Å². The second kappa shape index (κ2) is 8.31. The summed E-state index contributed by atoms with van der Waals surface area (Å²) in [6, 6.07) is -0.390. The molecule has 2 amide bonds. The zero-order valence-electron chi connectivity index (χ0n) is 12.7. The van der Waals surface area contributed by atoms with Crippen LogP contribution in [0.25, 0.3) is 0 Å². The van der Waals surface area contributed by atoms with Gasteiger partial charge in [-0.15, -0.1) is 0 Å². The highest BCUT2D eigenvalue weighted by Gasteiger charge is 2.22. The molecule has 2 aliphatic heterocycles. The monoisotopic (exact) mass is 298 g/mol. The summed E-state index contributed by atoms with van der Waals surface area (Å²) in [5, 5.41) is 8.70. The van der Waals surface area contributed by atoms with Crippen LogP contribution in [0.5, 0.6) is 0 Å². The van der Waals surface area contributed by atoms with Crippen LogP contribution in [-0.4, -0.2) is 75.2 Å². The van der Waals surface area contributed by atoms with Gasteiger partial charge in [0.25, 0.3) is 0 Å². The summed E-state index contributed by atoms with van der Waals surface area (Å²) < 4.78 is 5.61. The van der Waals surface area contributed by atoms with Gasteiger partial charge in [-0.05, 0) is 26.3 Å². The molecule has 2 fully saturated rings. The SMILES string of the molecule is CN1CCOC(CNCC(=O)NC2CCCCNC2=O)C1. The van der Waals surface area contributed by atoms with Crippen molar-refractivity contribution in [2.45, 2.75) is 31.4 Å². The van der Waals surface area contributed by atoms with E-state index in [1.54, 1.807) is 0 Å². The van der Waals surface area contributed by atoms with Gasteiger partial charge in [0.05, 0.1) is 19.3 Å². The van der Waals surface area contributed by atoms with Crippen molar-refractivity contribution >= 4 is 11.8 Å². The van der Waals surface area contributed by atoms with E-state index in [2.05, 4.69) is 27.9 Å². The Morgan fingerprint density at radius 2 is 2.33 bits per heavy atom. The molecule has 0 aliphatic carbocycles. The molecule has 2 rings (SSSR count). The molecule has 2 unspecified atom stereocenters. The second-order valence-corrected chi connectivity index (χ2v) is 5.79. The van der Waals surface area contributed by atoms with Crippen LogP contribution in [0.3, 0.4) is 0 Å². The maximum Gasteiger partial charge on any atom is 0.242 e. The van der Waals surface area contributed by atoms with Crippen LogP contribution < -0.4 is 16.0 Å². The van der Waals surface area contributed by atoms with Gasteiger partial charge in [-0.25, -0.2) is 0 Å². The molecule has 3 N–H and O–H groups in total. The first kappa shape index (κ1) is 16.2. The molecular formula is C14H26N4O3. The number of morpholine rings is 1. The van der Waals surface area contributed by atoms with E-state index in [0.29, 0.717) is 19.5 Å². The van der Waals surface area contributed by atoms with E-state index in [0.717, 1.165) is 32.5 Å². The number of carbonyl (C=O) groups is 2. The largest absolute Gasteiger partial charge is 0.374 e. The maximum absolute atomic E-state index is 11.9. The van der Waals surface area contributed by atoms with Crippen LogP contribution in [0, 0.1) is 0 Å². The number of hydrogen-bond acceptors (Lipinski definition) is 5. The molecule has 2 heterocycles. The molecule has 21 heavy (non-hydrogen) atoms. The maximum atomic E-state index is 11.9. The number of amides is 2. The zero-order chi connectivity index (χ0) is 15.1. The van der Waals surface area contributed by atoms with E-state index in [4.69, 9.17) is 4.74 Å². The summed E-state index contributed by atoms with van der Waals surface area (Å²) in [5.74, 6) is -0.209. The molecule has 0 radical (unpaired) electrons. The highest BCUT2D eigenvalue weighted by Crippen LogP contribution is 2.05. The van der Waals surface area contributed by atoms with E-state index in [1.807, 2.05) is 0 Å². The summed E-state index contributed by atoms with van der Waals surface area (Å²) in [7, 11) is 2.06. The minimum atomic E-state index is -0.390. The summed E-state index contributed by atoms with van der Waals surface area (Å²) in [6.45, 7) is 4.13. The smallest absolute Gasteiger partial charge is 0.242 e. The second-order valence-electron chi connectivity index (χ2n) is 5.79. The third kappa shape index (κ3) is 5.61. The van der Waals surface area contributed by atoms with Crippen molar-refractivity contribution in [3.05, 3.63) is 0 Å². The zero-order valence-corrected chi connectivity index (χ0v) is 12.7. The Morgan fingerprint density at radius 1 is 1.48 bits per heavy atom. The predicted octanol–water partition coefficient (Wildman–Crippen LogP) is -1.31. The van der Waals surface area contributed by atoms with E-state index in [9.17, 15) is 9.59 Å². The molecule has 0 aromatic heterocycles. The molecule has 2 atom stereocenters. The van der Waals surface area contributed by atoms with Crippen molar-refractivity contribution in [2.75, 3.05) is 46.4 Å². The molecule has 2 saturated heterocycles. The summed E-state index contributed by atoms with van der Waals surface area (Å²) in [4.78, 5) is 25.8. The van der Waals surface area contributed by atoms with Gasteiger partial charge >= 0.3 is 0 Å². The lowest BCUT2D eigenvalue weighted by Crippen LogP contribution is -2.50. The quantitative estimate of drug-likeness (QED) is 0.587. The Labute approximate surface area is 125 Å². The average Bonchev–Trinajstić information content (AvgIpc) is 2.64. The van der Waals surface area contributed by atoms with Gasteiger partial charge in [0.1, 0.15) is 6.04 Å². The van der Waals surface area contributed by atoms with Gasteiger partial charge in [0.15, 0.2) is 0 Å². The molecule has 2 aliphatic rings. The Balaban J connectivity index is 1.63. The lowest BCUT2D eigenvalue weighted by Gasteiger charge is -2.30. The first-order chi connectivity index (χ1) is 10.1. The van der Waals surface area contributed by atoms with Crippen molar-refractivity contribution in [3.8, 4) is 0 Å². The average molecular weight is 298 g/mol. The van der Waals surface area contributed by atoms with Gasteiger partial charge in [-0.2, -0.15) is 0 Å². The van der Waals surface area contributed by atoms with Crippen molar-refractivity contribution in [2.24, 2.45) is 0 Å². The number of nitrogens with one attached hydrogen (secondary N) is 3. The topological polar surface area (TPSA) is 82.7 Å². The number of ether oxygens (including phenoxy) is 1. The normalized spacial score (nSPS) is 27.8. The molecule has 0 bridgehead atoms. The number of nitrogens with zero attached hydrogens (tertiary/aromatic N) is 1. The van der Waals surface area contributed by atoms with Gasteiger partial charge in [-0.3, -0.25) is 9.59 Å². The van der Waals surface area contributed by atoms with E-state index in [-0.39, 0.29) is 30.5 Å². The number of likely N-dealkylation sites (N-methyl/N-ethyl adjacent to an activating group) is 1. The third-order valence-corrected chi connectivity index (χ3v) is 3.87. The van der Waals surface area contributed by atoms with Gasteiger partial charge in [-0.1, -0.05) is 0 Å². The van der Waals surface area contributed by atoms with Crippen molar-refractivity contribution in [3.63, 3.8) is 0 Å². The molecule has 0 spiro atoms. The number of carbonyl (C=O) groups excluding carboxylic acids is 2. The minimum absolute atomic E-state index is 0.0712. The number of hydrogen-bond donors (Lipinski definition) is 3. The Kier molecular flexibility index (Phi) is 6.41. The summed E-state index contributed by atoms with van der Waals surface area (Å²) in [6.07, 6.45) is 2.77. The van der Waals surface area contributed by atoms with Gasteiger partial charge < -0.3 is 25.6 Å². The lowest BCUT2D eigenvalue weighted by atomic mass is 10.1. The molecule has 7 nitrogen and oxygen atoms in total. The molecule has 120 valence electrons. The van der Waals surface area contributed by atoms with Crippen LogP contribution in [0.15, 0.2) is 0 Å². The van der Waals surface area contributed by atoms with Gasteiger partial charge in [0, 0.05) is 26.2 Å². The van der Waals surface area contributed by atoms with Crippen LogP contribution in [0.4, 0.5) is 0 Å². The summed E-state index contributed by atoms with van der Waals surface area (Å²) >= 11 is 0. The number of rotatable bonds is 5. The fourth-order valence-electron chi connectivity index (χ4n) is 2.66. The van der Waals surface area contributed by atoms with E-state index < -0.39 is 0 Å². The third-order valence-electron chi connectivity index (χ3n) is 3.87. The molecule has 0 saturated carbocycles. The predicted molar refractivity (Wildman–Crippen MR) is 78.9 cm³/mol. The standard InChI is InChI=1S/C14H26N4O3/c1-18-6-7-21-11(10-18)8-15-9-13(19)17-12-4-2-3-5-16-14(12)20/h11-12,15H,2-10H2,1H3,(H,16,20)(H,17,19). The molecular weight excluding hydrogens is 272 g/mol. The fourth-order valence-corrected chi connectivity index (χ4v) is 2.66. The molecule has 7 heteroatoms. The molecule has 0 aromatic rings. The Bertz CT molecular complexity index is 364. The van der Waals surface area contributed by atoms with E-state index in [1.165, 1.54) is 0 Å². The van der Waals surface area contributed by atoms with Crippen LogP contribution >= 0.6 is 0 Å². The first-order valence-electron chi connectivity index (χ1n) is 7.73. The highest BCUT2D eigenvalue weighted by molar-refractivity contribution is 5.88. The van der Waals surface area contributed by atoms with Crippen molar-refractivity contribution in [1.82, 2.24) is 20.9 Å². The molecule has 0 aromatic carbocycles. The van der Waals surface area contributed by atoms with Crippen LogP contribution in [-0.2, 0) is 14.3 Å². The van der Waals surface area contributed by atoms with Crippen molar-refractivity contribution in [1.29, 1.82) is 0 Å². The van der Waals surface area contributed by atoms with Crippen LogP contribution in [0.1, 0.15) is 19.3 Å². The lowest BCUT2D eigenvalue weighted by molar-refractivity contribution is -0.128. The Morgan fingerprint density at radius 3 is 3.14 bits per heavy atom. The van der Waals surface area contributed by atoms with Crippen molar-refractivity contribution < 1.29 is 14.3 Å².